The van der Waals surface area contributed by atoms with Gasteiger partial charge < -0.3 is 34.3 Å². The van der Waals surface area contributed by atoms with E-state index in [2.05, 4.69) is 16.3 Å². The van der Waals surface area contributed by atoms with Crippen LogP contribution in [-0.2, 0) is 9.47 Å². The second-order valence-electron chi connectivity index (χ2n) is 8.10. The molecular weight excluding hydrogens is 402 g/mol. The summed E-state index contributed by atoms with van der Waals surface area (Å²) in [5.41, 5.74) is 0.636. The molecule has 1 unspecified atom stereocenters. The fraction of sp³-hybridized carbons (Fsp3) is 0.636. The van der Waals surface area contributed by atoms with Gasteiger partial charge in [0, 0.05) is 44.5 Å². The number of amides is 1. The number of fused-ring (bicyclic) bond motifs is 1. The van der Waals surface area contributed by atoms with Crippen LogP contribution in [0.1, 0.15) is 35.2 Å². The number of hydrogen-bond donors (Lipinski definition) is 2. The summed E-state index contributed by atoms with van der Waals surface area (Å²) < 4.78 is 22.3. The van der Waals surface area contributed by atoms with Crippen molar-refractivity contribution < 1.29 is 28.8 Å². The normalized spacial score (nSPS) is 24.4. The highest BCUT2D eigenvalue weighted by atomic mass is 16.7. The van der Waals surface area contributed by atoms with Gasteiger partial charge >= 0.3 is 0 Å². The van der Waals surface area contributed by atoms with E-state index in [0.29, 0.717) is 68.6 Å². The molecule has 4 rings (SSSR count). The van der Waals surface area contributed by atoms with Gasteiger partial charge in [-0.05, 0) is 19.0 Å². The van der Waals surface area contributed by atoms with Gasteiger partial charge in [-0.1, -0.05) is 0 Å². The molecule has 9 nitrogen and oxygen atoms in total. The van der Waals surface area contributed by atoms with Crippen LogP contribution in [0.15, 0.2) is 12.1 Å². The molecule has 1 aromatic rings. The van der Waals surface area contributed by atoms with Crippen LogP contribution in [0.2, 0.25) is 0 Å². The predicted molar refractivity (Wildman–Crippen MR) is 110 cm³/mol. The molecule has 9 heteroatoms. The maximum absolute atomic E-state index is 12.9. The standard InChI is InChI=1S/C22H29N3O6/c23-12-15-10-17(21-19(11-15)28-6-1-7-31-21)22(27)24-13-16-2-4-25(14-18(16)26)5-3-20-29-8-9-30-20/h10-11,16,18,20,26H,1-9,13-14H2,(H,24,27)/t16-,18?/m0/s1. The molecule has 168 valence electrons. The van der Waals surface area contributed by atoms with Crippen LogP contribution in [0.4, 0.5) is 0 Å². The number of carbonyl (C=O) groups excluding carboxylic acids is 1. The Bertz CT molecular complexity index is 820. The lowest BCUT2D eigenvalue weighted by atomic mass is 9.93. The molecule has 0 saturated carbocycles. The summed E-state index contributed by atoms with van der Waals surface area (Å²) >= 11 is 0. The summed E-state index contributed by atoms with van der Waals surface area (Å²) in [6.07, 6.45) is 1.61. The maximum atomic E-state index is 12.9. The Kier molecular flexibility index (Phi) is 7.25. The van der Waals surface area contributed by atoms with E-state index in [-0.39, 0.29) is 18.1 Å². The molecule has 3 aliphatic rings. The highest BCUT2D eigenvalue weighted by Crippen LogP contribution is 2.35. The lowest BCUT2D eigenvalue weighted by molar-refractivity contribution is -0.0576. The Morgan fingerprint density at radius 2 is 2.03 bits per heavy atom. The van der Waals surface area contributed by atoms with Crippen molar-refractivity contribution in [3.8, 4) is 17.6 Å². The fourth-order valence-corrected chi connectivity index (χ4v) is 4.17. The first-order valence-corrected chi connectivity index (χ1v) is 10.9. The van der Waals surface area contributed by atoms with E-state index < -0.39 is 6.10 Å². The first-order chi connectivity index (χ1) is 15.1. The number of β-amino-alcohol motifs (C(OH)–C–C–N with tert-alkyl or cyclic N) is 1. The lowest BCUT2D eigenvalue weighted by Crippen LogP contribution is -2.48. The molecule has 31 heavy (non-hydrogen) atoms. The van der Waals surface area contributed by atoms with Crippen molar-refractivity contribution in [2.75, 3.05) is 52.6 Å². The summed E-state index contributed by atoms with van der Waals surface area (Å²) in [6, 6.07) is 5.18. The van der Waals surface area contributed by atoms with Crippen LogP contribution in [0.25, 0.3) is 0 Å². The second-order valence-corrected chi connectivity index (χ2v) is 8.10. The molecule has 3 aliphatic heterocycles. The summed E-state index contributed by atoms with van der Waals surface area (Å²) in [7, 11) is 0. The summed E-state index contributed by atoms with van der Waals surface area (Å²) in [4.78, 5) is 15.1. The summed E-state index contributed by atoms with van der Waals surface area (Å²) in [5.74, 6) is 0.434. The minimum atomic E-state index is -0.526. The zero-order valence-corrected chi connectivity index (χ0v) is 17.5. The Labute approximate surface area is 181 Å². The number of aliphatic hydroxyl groups is 1. The minimum Gasteiger partial charge on any atom is -0.489 e. The average Bonchev–Trinajstić information content (AvgIpc) is 3.19. The fourth-order valence-electron chi connectivity index (χ4n) is 4.17. The van der Waals surface area contributed by atoms with Crippen molar-refractivity contribution >= 4 is 5.91 Å². The van der Waals surface area contributed by atoms with Gasteiger partial charge in [-0.25, -0.2) is 0 Å². The lowest BCUT2D eigenvalue weighted by Gasteiger charge is -2.36. The number of aliphatic hydroxyl groups excluding tert-OH is 1. The Balaban J connectivity index is 1.31. The van der Waals surface area contributed by atoms with Crippen LogP contribution in [0.3, 0.4) is 0 Å². The van der Waals surface area contributed by atoms with Gasteiger partial charge in [0.2, 0.25) is 0 Å². The molecule has 0 aliphatic carbocycles. The molecular formula is C22H29N3O6. The zero-order chi connectivity index (χ0) is 21.6. The summed E-state index contributed by atoms with van der Waals surface area (Å²) in [5, 5.41) is 22.8. The first-order valence-electron chi connectivity index (χ1n) is 10.9. The second kappa shape index (κ2) is 10.3. The number of likely N-dealkylation sites (tertiary alicyclic amines) is 1. The first kappa shape index (κ1) is 21.8. The van der Waals surface area contributed by atoms with Crippen molar-refractivity contribution in [3.05, 3.63) is 23.3 Å². The molecule has 1 aromatic carbocycles. The number of nitrogens with one attached hydrogen (secondary N) is 1. The molecule has 1 amide bonds. The Hall–Kier alpha value is -2.38. The van der Waals surface area contributed by atoms with E-state index in [1.807, 2.05) is 0 Å². The third-order valence-corrected chi connectivity index (χ3v) is 5.92. The number of nitrogens with zero attached hydrogens (tertiary/aromatic N) is 2. The van der Waals surface area contributed by atoms with Gasteiger partial charge in [0.05, 0.1) is 49.7 Å². The molecule has 2 fully saturated rings. The number of rotatable bonds is 6. The van der Waals surface area contributed by atoms with E-state index in [1.165, 1.54) is 6.07 Å². The Morgan fingerprint density at radius 3 is 2.81 bits per heavy atom. The maximum Gasteiger partial charge on any atom is 0.255 e. The number of carbonyl (C=O) groups is 1. The molecule has 2 saturated heterocycles. The average molecular weight is 431 g/mol. The predicted octanol–water partition coefficient (Wildman–Crippen LogP) is 0.895. The van der Waals surface area contributed by atoms with Crippen LogP contribution >= 0.6 is 0 Å². The quantitative estimate of drug-likeness (QED) is 0.683. The highest BCUT2D eigenvalue weighted by Gasteiger charge is 2.29. The SMILES string of the molecule is N#Cc1cc2c(c(C(=O)NC[C@@H]3CCN(CCC4OCCO4)CC3O)c1)OCCCO2. The van der Waals surface area contributed by atoms with Crippen molar-refractivity contribution in [2.24, 2.45) is 5.92 Å². The van der Waals surface area contributed by atoms with Crippen molar-refractivity contribution in [3.63, 3.8) is 0 Å². The molecule has 0 bridgehead atoms. The number of piperidine rings is 1. The van der Waals surface area contributed by atoms with Crippen LogP contribution in [-0.4, -0.2) is 80.9 Å². The number of hydrogen-bond acceptors (Lipinski definition) is 8. The third kappa shape index (κ3) is 5.46. The number of nitriles is 1. The van der Waals surface area contributed by atoms with E-state index in [0.717, 1.165) is 25.9 Å². The van der Waals surface area contributed by atoms with E-state index in [9.17, 15) is 15.2 Å². The van der Waals surface area contributed by atoms with Gasteiger partial charge in [-0.15, -0.1) is 0 Å². The minimum absolute atomic E-state index is 0.0332. The third-order valence-electron chi connectivity index (χ3n) is 5.92. The summed E-state index contributed by atoms with van der Waals surface area (Å²) in [6.45, 7) is 4.80. The van der Waals surface area contributed by atoms with Gasteiger partial charge in [0.1, 0.15) is 0 Å². The smallest absolute Gasteiger partial charge is 0.255 e. The molecule has 0 aromatic heterocycles. The largest absolute Gasteiger partial charge is 0.489 e. The number of ether oxygens (including phenoxy) is 4. The van der Waals surface area contributed by atoms with Gasteiger partial charge in [0.15, 0.2) is 17.8 Å². The highest BCUT2D eigenvalue weighted by molar-refractivity contribution is 5.98. The van der Waals surface area contributed by atoms with E-state index in [1.54, 1.807) is 6.07 Å². The van der Waals surface area contributed by atoms with Crippen molar-refractivity contribution in [2.45, 2.75) is 31.7 Å². The van der Waals surface area contributed by atoms with Crippen LogP contribution in [0, 0.1) is 17.2 Å². The van der Waals surface area contributed by atoms with E-state index >= 15 is 0 Å². The Morgan fingerprint density at radius 1 is 1.23 bits per heavy atom. The monoisotopic (exact) mass is 431 g/mol. The van der Waals surface area contributed by atoms with Crippen LogP contribution in [0.5, 0.6) is 11.5 Å². The van der Waals surface area contributed by atoms with Gasteiger partial charge in [-0.2, -0.15) is 5.26 Å². The topological polar surface area (TPSA) is 113 Å². The molecule has 0 radical (unpaired) electrons. The van der Waals surface area contributed by atoms with E-state index in [4.69, 9.17) is 18.9 Å². The zero-order valence-electron chi connectivity index (χ0n) is 17.5. The number of benzene rings is 1. The van der Waals surface area contributed by atoms with Crippen molar-refractivity contribution in [1.82, 2.24) is 10.2 Å². The molecule has 2 atom stereocenters. The molecule has 2 N–H and O–H groups in total. The molecule has 0 spiro atoms. The van der Waals surface area contributed by atoms with Crippen LogP contribution < -0.4 is 14.8 Å². The van der Waals surface area contributed by atoms with Crippen molar-refractivity contribution in [1.29, 1.82) is 5.26 Å². The van der Waals surface area contributed by atoms with Gasteiger partial charge in [0.25, 0.3) is 5.91 Å². The molecule has 3 heterocycles. The van der Waals surface area contributed by atoms with Gasteiger partial charge in [-0.3, -0.25) is 4.79 Å².